The molecule has 31 heavy (non-hydrogen) atoms. The second-order valence-corrected chi connectivity index (χ2v) is 8.56. The molecular weight excluding hydrogens is 418 g/mol. The van der Waals surface area contributed by atoms with Crippen LogP contribution in [0.4, 0.5) is 5.82 Å². The summed E-state index contributed by atoms with van der Waals surface area (Å²) in [4.78, 5) is 47.5. The van der Waals surface area contributed by atoms with E-state index in [-0.39, 0.29) is 47.3 Å². The van der Waals surface area contributed by atoms with Crippen LogP contribution in [0.25, 0.3) is 0 Å². The molecule has 3 heterocycles. The number of piperazine rings is 1. The summed E-state index contributed by atoms with van der Waals surface area (Å²) < 4.78 is 4.85. The van der Waals surface area contributed by atoms with Crippen molar-refractivity contribution in [2.45, 2.75) is 25.3 Å². The number of esters is 1. The predicted octanol–water partition coefficient (Wildman–Crippen LogP) is 0.405. The standard InChI is InChI=1S/C21H27N5O4S/c1-30-20(29)14-5-6-15-16(12-14)23-21(31)26(19(15)28)13-18(27)25-10-8-24(9-11-25)17-4-2-3-7-22-17/h2-4,7,14-16H,5-6,8-13H2,1H3,(H,23,31). The van der Waals surface area contributed by atoms with E-state index < -0.39 is 0 Å². The van der Waals surface area contributed by atoms with Gasteiger partial charge in [-0.05, 0) is 43.6 Å². The molecule has 2 saturated heterocycles. The number of carbonyl (C=O) groups is 3. The average molecular weight is 446 g/mol. The van der Waals surface area contributed by atoms with Crippen LogP contribution in [0.1, 0.15) is 19.3 Å². The van der Waals surface area contributed by atoms with Gasteiger partial charge < -0.3 is 19.9 Å². The van der Waals surface area contributed by atoms with Crippen molar-refractivity contribution < 1.29 is 19.1 Å². The molecule has 3 fully saturated rings. The first-order chi connectivity index (χ1) is 15.0. The third-order valence-electron chi connectivity index (χ3n) is 6.42. The van der Waals surface area contributed by atoms with Crippen molar-refractivity contribution in [3.63, 3.8) is 0 Å². The lowest BCUT2D eigenvalue weighted by Crippen LogP contribution is -2.63. The number of nitrogens with one attached hydrogen (secondary N) is 1. The Labute approximate surface area is 186 Å². The minimum atomic E-state index is -0.276. The average Bonchev–Trinajstić information content (AvgIpc) is 2.81. The molecule has 0 spiro atoms. The molecule has 3 atom stereocenters. The van der Waals surface area contributed by atoms with E-state index in [1.54, 1.807) is 11.1 Å². The minimum Gasteiger partial charge on any atom is -0.469 e. The van der Waals surface area contributed by atoms with Gasteiger partial charge in [0, 0.05) is 38.4 Å². The number of rotatable bonds is 4. The van der Waals surface area contributed by atoms with Crippen molar-refractivity contribution in [3.8, 4) is 0 Å². The number of amides is 2. The van der Waals surface area contributed by atoms with Gasteiger partial charge in [0.1, 0.15) is 12.4 Å². The quantitative estimate of drug-likeness (QED) is 0.526. The molecular formula is C21H27N5O4S. The lowest BCUT2D eigenvalue weighted by Gasteiger charge is -2.43. The van der Waals surface area contributed by atoms with Gasteiger partial charge in [0.25, 0.3) is 0 Å². The van der Waals surface area contributed by atoms with Gasteiger partial charge in [-0.2, -0.15) is 0 Å². The van der Waals surface area contributed by atoms with Crippen molar-refractivity contribution in [1.29, 1.82) is 0 Å². The van der Waals surface area contributed by atoms with Gasteiger partial charge in [0.2, 0.25) is 11.8 Å². The van der Waals surface area contributed by atoms with Gasteiger partial charge >= 0.3 is 5.97 Å². The molecule has 10 heteroatoms. The fourth-order valence-corrected chi connectivity index (χ4v) is 4.96. The molecule has 2 aliphatic heterocycles. The number of anilines is 1. The maximum absolute atomic E-state index is 13.1. The number of methoxy groups -OCH3 is 1. The molecule has 1 aromatic heterocycles. The molecule has 0 aromatic carbocycles. The van der Waals surface area contributed by atoms with Gasteiger partial charge in [-0.15, -0.1) is 0 Å². The number of ether oxygens (including phenoxy) is 1. The third-order valence-corrected chi connectivity index (χ3v) is 6.76. The monoisotopic (exact) mass is 445 g/mol. The summed E-state index contributed by atoms with van der Waals surface area (Å²) in [5, 5.41) is 3.45. The summed E-state index contributed by atoms with van der Waals surface area (Å²) in [6.07, 6.45) is 3.45. The van der Waals surface area contributed by atoms with Gasteiger partial charge in [-0.25, -0.2) is 4.98 Å². The molecule has 0 radical (unpaired) electrons. The second kappa shape index (κ2) is 9.17. The Morgan fingerprint density at radius 2 is 2.00 bits per heavy atom. The number of nitrogens with zero attached hydrogens (tertiary/aromatic N) is 4. The molecule has 9 nitrogen and oxygen atoms in total. The highest BCUT2D eigenvalue weighted by molar-refractivity contribution is 7.80. The molecule has 3 aliphatic rings. The zero-order chi connectivity index (χ0) is 22.0. The van der Waals surface area contributed by atoms with Crippen LogP contribution < -0.4 is 10.2 Å². The van der Waals surface area contributed by atoms with E-state index in [1.807, 2.05) is 18.2 Å². The Morgan fingerprint density at radius 3 is 2.68 bits per heavy atom. The Morgan fingerprint density at radius 1 is 1.23 bits per heavy atom. The Kier molecular flexibility index (Phi) is 6.35. The molecule has 166 valence electrons. The number of fused-ring (bicyclic) bond motifs is 1. The fraction of sp³-hybridized carbons (Fsp3) is 0.571. The first kappa shape index (κ1) is 21.5. The Hall–Kier alpha value is -2.75. The van der Waals surface area contributed by atoms with Crippen LogP contribution in [-0.2, 0) is 19.1 Å². The molecule has 1 N–H and O–H groups in total. The molecule has 4 rings (SSSR count). The number of thiocarbonyl (C=S) groups is 1. The zero-order valence-electron chi connectivity index (χ0n) is 17.5. The lowest BCUT2D eigenvalue weighted by molar-refractivity contribution is -0.149. The summed E-state index contributed by atoms with van der Waals surface area (Å²) in [7, 11) is 1.38. The normalized spacial score (nSPS) is 26.2. The number of aromatic nitrogens is 1. The third kappa shape index (κ3) is 4.48. The van der Waals surface area contributed by atoms with E-state index >= 15 is 0 Å². The molecule has 2 amide bonds. The van der Waals surface area contributed by atoms with E-state index in [4.69, 9.17) is 17.0 Å². The van der Waals surface area contributed by atoms with Crippen LogP contribution in [0.3, 0.4) is 0 Å². The van der Waals surface area contributed by atoms with Crippen LogP contribution in [0.15, 0.2) is 24.4 Å². The smallest absolute Gasteiger partial charge is 0.308 e. The summed E-state index contributed by atoms with van der Waals surface area (Å²) in [6.45, 7) is 2.48. The van der Waals surface area contributed by atoms with Gasteiger partial charge in [-0.1, -0.05) is 6.07 Å². The Bertz CT molecular complexity index is 859. The van der Waals surface area contributed by atoms with Crippen LogP contribution in [0, 0.1) is 11.8 Å². The van der Waals surface area contributed by atoms with Gasteiger partial charge in [-0.3, -0.25) is 19.3 Å². The van der Waals surface area contributed by atoms with Crippen molar-refractivity contribution >= 4 is 40.9 Å². The number of hydrogen-bond acceptors (Lipinski definition) is 7. The van der Waals surface area contributed by atoms with E-state index in [1.165, 1.54) is 12.0 Å². The van der Waals surface area contributed by atoms with Crippen LogP contribution >= 0.6 is 12.2 Å². The first-order valence-electron chi connectivity index (χ1n) is 10.6. The highest BCUT2D eigenvalue weighted by atomic mass is 32.1. The van der Waals surface area contributed by atoms with Crippen molar-refractivity contribution in [2.75, 3.05) is 44.7 Å². The zero-order valence-corrected chi connectivity index (χ0v) is 18.3. The van der Waals surface area contributed by atoms with E-state index in [0.29, 0.717) is 45.4 Å². The van der Waals surface area contributed by atoms with E-state index in [9.17, 15) is 14.4 Å². The topological polar surface area (TPSA) is 95.1 Å². The van der Waals surface area contributed by atoms with Gasteiger partial charge in [0.05, 0.1) is 18.9 Å². The summed E-state index contributed by atoms with van der Waals surface area (Å²) in [6, 6.07) is 5.59. The van der Waals surface area contributed by atoms with Crippen LogP contribution in [-0.4, -0.2) is 83.6 Å². The van der Waals surface area contributed by atoms with Crippen molar-refractivity contribution in [1.82, 2.24) is 20.1 Å². The molecule has 0 bridgehead atoms. The van der Waals surface area contributed by atoms with Gasteiger partial charge in [0.15, 0.2) is 5.11 Å². The molecule has 1 aliphatic carbocycles. The number of carbonyl (C=O) groups excluding carboxylic acids is 3. The van der Waals surface area contributed by atoms with Crippen LogP contribution in [0.5, 0.6) is 0 Å². The highest BCUT2D eigenvalue weighted by Gasteiger charge is 2.45. The largest absolute Gasteiger partial charge is 0.469 e. The fourth-order valence-electron chi connectivity index (χ4n) is 4.65. The molecule has 1 saturated carbocycles. The Balaban J connectivity index is 1.32. The number of hydrogen-bond donors (Lipinski definition) is 1. The molecule has 1 aromatic rings. The van der Waals surface area contributed by atoms with Crippen LogP contribution in [0.2, 0.25) is 0 Å². The van der Waals surface area contributed by atoms with E-state index in [0.717, 1.165) is 5.82 Å². The van der Waals surface area contributed by atoms with Crippen molar-refractivity contribution in [2.24, 2.45) is 11.8 Å². The number of pyridine rings is 1. The maximum Gasteiger partial charge on any atom is 0.308 e. The second-order valence-electron chi connectivity index (χ2n) is 8.18. The predicted molar refractivity (Wildman–Crippen MR) is 117 cm³/mol. The SMILES string of the molecule is COC(=O)C1CCC2C(=O)N(CC(=O)N3CCN(c4ccccn4)CC3)C(=S)NC2C1. The summed E-state index contributed by atoms with van der Waals surface area (Å²) >= 11 is 5.40. The van der Waals surface area contributed by atoms with E-state index in [2.05, 4.69) is 15.2 Å². The lowest BCUT2D eigenvalue weighted by atomic mass is 9.76. The summed E-state index contributed by atoms with van der Waals surface area (Å²) in [5.74, 6) is -0.0856. The van der Waals surface area contributed by atoms with Crippen molar-refractivity contribution in [3.05, 3.63) is 24.4 Å². The summed E-state index contributed by atoms with van der Waals surface area (Å²) in [5.41, 5.74) is 0. The molecule has 3 unspecified atom stereocenters. The highest BCUT2D eigenvalue weighted by Crippen LogP contribution is 2.33. The first-order valence-corrected chi connectivity index (χ1v) is 11.0. The maximum atomic E-state index is 13.1. The minimum absolute atomic E-state index is 0.0576.